The van der Waals surface area contributed by atoms with Crippen LogP contribution in [-0.2, 0) is 4.79 Å². The maximum absolute atomic E-state index is 12.6. The van der Waals surface area contributed by atoms with E-state index < -0.39 is 0 Å². The van der Waals surface area contributed by atoms with Crippen LogP contribution in [0.5, 0.6) is 0 Å². The molecule has 0 aromatic rings. The molecule has 4 rings (SSSR count). The van der Waals surface area contributed by atoms with E-state index in [9.17, 15) is 9.90 Å². The molecule has 126 valence electrons. The van der Waals surface area contributed by atoms with Crippen LogP contribution in [0.15, 0.2) is 23.4 Å². The van der Waals surface area contributed by atoms with Gasteiger partial charge in [-0.15, -0.1) is 0 Å². The molecule has 3 nitrogen and oxygen atoms in total. The summed E-state index contributed by atoms with van der Waals surface area (Å²) in [5.74, 6) is 1.85. The van der Waals surface area contributed by atoms with Crippen LogP contribution in [0.3, 0.4) is 0 Å². The summed E-state index contributed by atoms with van der Waals surface area (Å²) in [6, 6.07) is 0. The lowest BCUT2D eigenvalue weighted by Crippen LogP contribution is -2.54. The van der Waals surface area contributed by atoms with Crippen LogP contribution in [0, 0.1) is 28.6 Å². The third kappa shape index (κ3) is 2.08. The minimum Gasteiger partial charge on any atom is -0.402 e. The minimum atomic E-state index is -0.208. The zero-order valence-corrected chi connectivity index (χ0v) is 14.3. The molecular formula is C20H29NO2. The molecule has 0 saturated heterocycles. The number of carbonyl (C=O) groups is 1. The number of rotatable bonds is 0. The van der Waals surface area contributed by atoms with Gasteiger partial charge in [0, 0.05) is 17.2 Å². The molecular weight excluding hydrogens is 286 g/mol. The Morgan fingerprint density at radius 3 is 2.65 bits per heavy atom. The van der Waals surface area contributed by atoms with Gasteiger partial charge in [-0.2, -0.15) is 0 Å². The van der Waals surface area contributed by atoms with Crippen molar-refractivity contribution < 1.29 is 9.90 Å². The van der Waals surface area contributed by atoms with Crippen molar-refractivity contribution in [3.05, 3.63) is 23.4 Å². The first kappa shape index (κ1) is 15.4. The molecule has 23 heavy (non-hydrogen) atoms. The van der Waals surface area contributed by atoms with E-state index in [1.165, 1.54) is 5.57 Å². The summed E-state index contributed by atoms with van der Waals surface area (Å²) >= 11 is 0. The molecule has 6 atom stereocenters. The van der Waals surface area contributed by atoms with Crippen molar-refractivity contribution in [1.29, 1.82) is 0 Å². The van der Waals surface area contributed by atoms with Crippen molar-refractivity contribution in [3.8, 4) is 0 Å². The second-order valence-corrected chi connectivity index (χ2v) is 8.90. The van der Waals surface area contributed by atoms with Crippen molar-refractivity contribution in [1.82, 2.24) is 0 Å². The van der Waals surface area contributed by atoms with Crippen LogP contribution in [0.1, 0.15) is 58.8 Å². The van der Waals surface area contributed by atoms with Gasteiger partial charge >= 0.3 is 0 Å². The Balaban J connectivity index is 1.71. The highest BCUT2D eigenvalue weighted by molar-refractivity contribution is 5.96. The normalized spacial score (nSPS) is 49.4. The molecule has 0 unspecified atom stereocenters. The van der Waals surface area contributed by atoms with Gasteiger partial charge in [0.15, 0.2) is 5.78 Å². The molecule has 0 aliphatic heterocycles. The first-order valence-corrected chi connectivity index (χ1v) is 9.22. The van der Waals surface area contributed by atoms with Crippen LogP contribution in [-0.4, -0.2) is 17.0 Å². The minimum absolute atomic E-state index is 0.158. The molecule has 4 aliphatic rings. The molecule has 0 aromatic carbocycles. The Bertz CT molecular complexity index is 607. The van der Waals surface area contributed by atoms with E-state index >= 15 is 0 Å². The molecule has 0 spiro atoms. The van der Waals surface area contributed by atoms with E-state index in [2.05, 4.69) is 19.9 Å². The van der Waals surface area contributed by atoms with Crippen LogP contribution in [0.25, 0.3) is 0 Å². The fourth-order valence-corrected chi connectivity index (χ4v) is 6.29. The quantitative estimate of drug-likeness (QED) is 0.674. The molecule has 4 aliphatic carbocycles. The van der Waals surface area contributed by atoms with Crippen molar-refractivity contribution in [2.24, 2.45) is 34.3 Å². The summed E-state index contributed by atoms with van der Waals surface area (Å²) in [6.07, 6.45) is 10.9. The number of ketones is 1. The summed E-state index contributed by atoms with van der Waals surface area (Å²) in [4.78, 5) is 12.6. The highest BCUT2D eigenvalue weighted by atomic mass is 16.3. The van der Waals surface area contributed by atoms with Crippen molar-refractivity contribution in [2.75, 3.05) is 0 Å². The van der Waals surface area contributed by atoms with E-state index in [4.69, 9.17) is 5.73 Å². The molecule has 0 radical (unpaired) electrons. The smallest absolute Gasteiger partial charge is 0.163 e. The Labute approximate surface area is 139 Å². The number of hydrogen-bond acceptors (Lipinski definition) is 3. The van der Waals surface area contributed by atoms with Gasteiger partial charge in [0.1, 0.15) is 0 Å². The average Bonchev–Trinajstić information content (AvgIpc) is 2.49. The highest BCUT2D eigenvalue weighted by Gasteiger charge is 2.57. The first-order chi connectivity index (χ1) is 10.8. The first-order valence-electron chi connectivity index (χ1n) is 9.22. The average molecular weight is 315 g/mol. The topological polar surface area (TPSA) is 63.3 Å². The zero-order valence-electron chi connectivity index (χ0n) is 14.3. The van der Waals surface area contributed by atoms with Crippen LogP contribution >= 0.6 is 0 Å². The van der Waals surface area contributed by atoms with Gasteiger partial charge in [-0.3, -0.25) is 4.79 Å². The number of allylic oxidation sites excluding steroid dienone is 3. The zero-order chi connectivity index (χ0) is 16.4. The molecule has 2 fully saturated rings. The number of carbonyl (C=O) groups excluding carboxylic acids is 1. The second-order valence-electron chi connectivity index (χ2n) is 8.90. The van der Waals surface area contributed by atoms with Gasteiger partial charge in [0.25, 0.3) is 0 Å². The molecule has 0 aromatic heterocycles. The molecule has 0 amide bonds. The predicted molar refractivity (Wildman–Crippen MR) is 90.4 cm³/mol. The number of nitrogens with two attached hydrogens (primary N) is 1. The van der Waals surface area contributed by atoms with Crippen LogP contribution in [0.4, 0.5) is 0 Å². The second kappa shape index (κ2) is 4.95. The third-order valence-electron chi connectivity index (χ3n) is 7.80. The molecule has 3 heteroatoms. The lowest BCUT2D eigenvalue weighted by molar-refractivity contribution is -0.136. The SMILES string of the molecule is C[C@]12CC[C@H](O)CC1=CC[C@@H]1[C@@H]2CC[C@]2(C)C(=O)C=C(N)C[C@@H]12. The third-order valence-corrected chi connectivity index (χ3v) is 7.80. The van der Waals surface area contributed by atoms with Gasteiger partial charge in [0.05, 0.1) is 6.10 Å². The van der Waals surface area contributed by atoms with Gasteiger partial charge < -0.3 is 10.8 Å². The van der Waals surface area contributed by atoms with Gasteiger partial charge in [0.2, 0.25) is 0 Å². The largest absolute Gasteiger partial charge is 0.402 e. The van der Waals surface area contributed by atoms with E-state index in [-0.39, 0.29) is 22.7 Å². The molecule has 0 heterocycles. The standard InChI is InChI=1S/C20H29NO2/c1-19-7-5-14(22)9-12(19)3-4-15-16(19)6-8-20(2)17(15)10-13(21)11-18(20)23/h3,11,14-17,22H,4-10,21H2,1-2H3/t14-,15+,16-,17-,19-,20-/m0/s1. The summed E-state index contributed by atoms with van der Waals surface area (Å²) in [7, 11) is 0. The lowest BCUT2D eigenvalue weighted by Gasteiger charge is -2.58. The Morgan fingerprint density at radius 2 is 1.87 bits per heavy atom. The fourth-order valence-electron chi connectivity index (χ4n) is 6.29. The van der Waals surface area contributed by atoms with Gasteiger partial charge in [-0.25, -0.2) is 0 Å². The number of aliphatic hydroxyl groups excluding tert-OH is 1. The number of hydrogen-bond donors (Lipinski definition) is 2. The maximum Gasteiger partial charge on any atom is 0.163 e. The summed E-state index contributed by atoms with van der Waals surface area (Å²) in [5.41, 5.74) is 8.36. The van der Waals surface area contributed by atoms with Crippen LogP contribution in [0.2, 0.25) is 0 Å². The van der Waals surface area contributed by atoms with Gasteiger partial charge in [-0.05, 0) is 68.1 Å². The maximum atomic E-state index is 12.6. The Morgan fingerprint density at radius 1 is 1.13 bits per heavy atom. The Kier molecular flexibility index (Phi) is 3.32. The van der Waals surface area contributed by atoms with Crippen LogP contribution < -0.4 is 5.73 Å². The summed E-state index contributed by atoms with van der Waals surface area (Å²) in [6.45, 7) is 4.58. The van der Waals surface area contributed by atoms with Gasteiger partial charge in [-0.1, -0.05) is 25.5 Å². The highest BCUT2D eigenvalue weighted by Crippen LogP contribution is 2.62. The fraction of sp³-hybridized carbons (Fsp3) is 0.750. The van der Waals surface area contributed by atoms with E-state index in [0.717, 1.165) is 50.6 Å². The Hall–Kier alpha value is -1.09. The molecule has 0 bridgehead atoms. The van der Waals surface area contributed by atoms with Crippen molar-refractivity contribution >= 4 is 5.78 Å². The predicted octanol–water partition coefficient (Wildman–Crippen LogP) is 3.33. The summed E-state index contributed by atoms with van der Waals surface area (Å²) in [5, 5.41) is 10.0. The van der Waals surface area contributed by atoms with E-state index in [1.54, 1.807) is 6.08 Å². The van der Waals surface area contributed by atoms with Crippen molar-refractivity contribution in [2.45, 2.75) is 64.9 Å². The molecule has 2 saturated carbocycles. The number of fused-ring (bicyclic) bond motifs is 5. The van der Waals surface area contributed by atoms with E-state index in [0.29, 0.717) is 17.8 Å². The lowest BCUT2D eigenvalue weighted by atomic mass is 9.45. The monoisotopic (exact) mass is 315 g/mol. The van der Waals surface area contributed by atoms with E-state index in [1.807, 2.05) is 0 Å². The summed E-state index contributed by atoms with van der Waals surface area (Å²) < 4.78 is 0. The molecule has 3 N–H and O–H groups in total. The number of aliphatic hydroxyl groups is 1. The van der Waals surface area contributed by atoms with Crippen molar-refractivity contribution in [3.63, 3.8) is 0 Å².